The van der Waals surface area contributed by atoms with Gasteiger partial charge in [0.2, 0.25) is 0 Å². The fourth-order valence-corrected chi connectivity index (χ4v) is 3.30. The monoisotopic (exact) mass is 276 g/mol. The molecule has 110 valence electrons. The molecule has 5 nitrogen and oxygen atoms in total. The van der Waals surface area contributed by atoms with Gasteiger partial charge in [-0.2, -0.15) is 0 Å². The van der Waals surface area contributed by atoms with Crippen LogP contribution < -0.4 is 0 Å². The van der Waals surface area contributed by atoms with E-state index in [0.29, 0.717) is 0 Å². The van der Waals surface area contributed by atoms with Crippen molar-refractivity contribution in [3.63, 3.8) is 0 Å². The van der Waals surface area contributed by atoms with E-state index in [1.54, 1.807) is 0 Å². The molecular formula is C15H24N4O. The van der Waals surface area contributed by atoms with Crippen LogP contribution in [0.15, 0.2) is 18.3 Å². The summed E-state index contributed by atoms with van der Waals surface area (Å²) < 4.78 is 2.28. The first-order valence-electron chi connectivity index (χ1n) is 7.60. The van der Waals surface area contributed by atoms with E-state index in [0.717, 1.165) is 45.7 Å². The summed E-state index contributed by atoms with van der Waals surface area (Å²) in [6.45, 7) is 7.56. The van der Waals surface area contributed by atoms with Crippen molar-refractivity contribution in [2.45, 2.75) is 25.9 Å². The van der Waals surface area contributed by atoms with E-state index < -0.39 is 0 Å². The molecule has 2 amide bonds. The number of hydrogen-bond donors (Lipinski definition) is 0. The molecule has 5 heteroatoms. The molecule has 2 aliphatic rings. The molecule has 3 rings (SSSR count). The van der Waals surface area contributed by atoms with Crippen LogP contribution in [0.25, 0.3) is 0 Å². The van der Waals surface area contributed by atoms with Crippen LogP contribution in [0, 0.1) is 0 Å². The first kappa shape index (κ1) is 13.5. The first-order valence-corrected chi connectivity index (χ1v) is 7.60. The molecule has 0 spiro atoms. The highest BCUT2D eigenvalue weighted by molar-refractivity contribution is 5.75. The Bertz CT molecular complexity index is 476. The van der Waals surface area contributed by atoms with E-state index in [2.05, 4.69) is 46.7 Å². The fourth-order valence-electron chi connectivity index (χ4n) is 3.30. The molecule has 1 atom stereocenters. The SMILES string of the molecule is CC[C@@H]1c2cccn2CCN1C(=O)N1CCN(C)CC1. The van der Waals surface area contributed by atoms with Crippen LogP contribution in [0.3, 0.4) is 0 Å². The summed E-state index contributed by atoms with van der Waals surface area (Å²) in [7, 11) is 2.12. The summed E-state index contributed by atoms with van der Waals surface area (Å²) in [5.74, 6) is 0. The van der Waals surface area contributed by atoms with Crippen LogP contribution in [0.2, 0.25) is 0 Å². The van der Waals surface area contributed by atoms with Crippen LogP contribution in [0.1, 0.15) is 25.1 Å². The highest BCUT2D eigenvalue weighted by Crippen LogP contribution is 2.29. The average Bonchev–Trinajstić information content (AvgIpc) is 2.94. The second-order valence-electron chi connectivity index (χ2n) is 5.82. The molecule has 0 N–H and O–H groups in total. The third-order valence-corrected chi connectivity index (χ3v) is 4.57. The van der Waals surface area contributed by atoms with Gasteiger partial charge in [0.1, 0.15) is 0 Å². The molecule has 2 aliphatic heterocycles. The Morgan fingerprint density at radius 2 is 1.95 bits per heavy atom. The maximum Gasteiger partial charge on any atom is 0.320 e. The molecule has 20 heavy (non-hydrogen) atoms. The van der Waals surface area contributed by atoms with E-state index in [9.17, 15) is 4.79 Å². The lowest BCUT2D eigenvalue weighted by Gasteiger charge is -2.41. The van der Waals surface area contributed by atoms with E-state index in [4.69, 9.17) is 0 Å². The number of urea groups is 1. The number of aromatic nitrogens is 1. The van der Waals surface area contributed by atoms with Crippen LogP contribution >= 0.6 is 0 Å². The van der Waals surface area contributed by atoms with Gasteiger partial charge in [0, 0.05) is 51.2 Å². The first-order chi connectivity index (χ1) is 9.70. The lowest BCUT2D eigenvalue weighted by Crippen LogP contribution is -2.54. The van der Waals surface area contributed by atoms with Crippen molar-refractivity contribution in [2.24, 2.45) is 0 Å². The van der Waals surface area contributed by atoms with Gasteiger partial charge in [0.25, 0.3) is 0 Å². The molecule has 1 aromatic heterocycles. The Labute approximate surface area is 120 Å². The lowest BCUT2D eigenvalue weighted by atomic mass is 10.1. The van der Waals surface area contributed by atoms with Crippen molar-refractivity contribution in [2.75, 3.05) is 39.8 Å². The van der Waals surface area contributed by atoms with Crippen LogP contribution in [0.4, 0.5) is 4.79 Å². The Hall–Kier alpha value is -1.49. The van der Waals surface area contributed by atoms with Crippen LogP contribution in [-0.4, -0.2) is 65.1 Å². The van der Waals surface area contributed by atoms with Crippen molar-refractivity contribution < 1.29 is 4.79 Å². The number of rotatable bonds is 1. The Morgan fingerprint density at radius 3 is 2.65 bits per heavy atom. The molecule has 0 bridgehead atoms. The minimum absolute atomic E-state index is 0.220. The van der Waals surface area contributed by atoms with Gasteiger partial charge in [-0.3, -0.25) is 0 Å². The molecule has 3 heterocycles. The lowest BCUT2D eigenvalue weighted by molar-refractivity contribution is 0.0962. The largest absolute Gasteiger partial charge is 0.348 e. The Morgan fingerprint density at radius 1 is 1.20 bits per heavy atom. The topological polar surface area (TPSA) is 31.7 Å². The molecule has 1 saturated heterocycles. The number of nitrogens with zero attached hydrogens (tertiary/aromatic N) is 4. The van der Waals surface area contributed by atoms with Gasteiger partial charge < -0.3 is 19.3 Å². The smallest absolute Gasteiger partial charge is 0.320 e. The standard InChI is InChI=1S/C15H24N4O/c1-3-13-14-5-4-6-17(14)11-12-19(13)15(20)18-9-7-16(2)8-10-18/h4-6,13H,3,7-12H2,1-2H3/t13-/m1/s1. The molecule has 0 aliphatic carbocycles. The van der Waals surface area contributed by atoms with Crippen LogP contribution in [-0.2, 0) is 6.54 Å². The maximum atomic E-state index is 12.8. The quantitative estimate of drug-likeness (QED) is 0.780. The van der Waals surface area contributed by atoms with Gasteiger partial charge in [0.05, 0.1) is 6.04 Å². The summed E-state index contributed by atoms with van der Waals surface area (Å²) in [6, 6.07) is 4.68. The highest BCUT2D eigenvalue weighted by atomic mass is 16.2. The summed E-state index contributed by atoms with van der Waals surface area (Å²) >= 11 is 0. The zero-order valence-corrected chi connectivity index (χ0v) is 12.5. The normalized spacial score (nSPS) is 23.8. The molecule has 0 saturated carbocycles. The van der Waals surface area contributed by atoms with Crippen molar-refractivity contribution in [1.29, 1.82) is 0 Å². The molecule has 1 fully saturated rings. The van der Waals surface area contributed by atoms with Crippen molar-refractivity contribution in [3.8, 4) is 0 Å². The molecular weight excluding hydrogens is 252 g/mol. The summed E-state index contributed by atoms with van der Waals surface area (Å²) in [6.07, 6.45) is 3.10. The number of hydrogen-bond acceptors (Lipinski definition) is 2. The Balaban J connectivity index is 1.75. The van der Waals surface area contributed by atoms with Crippen molar-refractivity contribution in [3.05, 3.63) is 24.0 Å². The number of fused-ring (bicyclic) bond motifs is 1. The van der Waals surface area contributed by atoms with Crippen LogP contribution in [0.5, 0.6) is 0 Å². The molecule has 0 aromatic carbocycles. The van der Waals surface area contributed by atoms with Crippen molar-refractivity contribution in [1.82, 2.24) is 19.3 Å². The summed E-state index contributed by atoms with van der Waals surface area (Å²) in [5, 5.41) is 0. The zero-order valence-electron chi connectivity index (χ0n) is 12.5. The number of piperazine rings is 1. The third-order valence-electron chi connectivity index (χ3n) is 4.57. The molecule has 1 aromatic rings. The minimum Gasteiger partial charge on any atom is -0.348 e. The van der Waals surface area contributed by atoms with Gasteiger partial charge in [-0.25, -0.2) is 4.79 Å². The third kappa shape index (κ3) is 2.30. The second-order valence-corrected chi connectivity index (χ2v) is 5.82. The molecule has 0 radical (unpaired) electrons. The van der Waals surface area contributed by atoms with E-state index in [-0.39, 0.29) is 12.1 Å². The molecule has 0 unspecified atom stereocenters. The number of likely N-dealkylation sites (N-methyl/N-ethyl adjacent to an activating group) is 1. The predicted octanol–water partition coefficient (Wildman–Crippen LogP) is 1.62. The van der Waals surface area contributed by atoms with Gasteiger partial charge in [0.15, 0.2) is 0 Å². The second kappa shape index (κ2) is 5.48. The average molecular weight is 276 g/mol. The minimum atomic E-state index is 0.220. The zero-order chi connectivity index (χ0) is 14.1. The van der Waals surface area contributed by atoms with E-state index >= 15 is 0 Å². The number of carbonyl (C=O) groups is 1. The van der Waals surface area contributed by atoms with E-state index in [1.165, 1.54) is 5.69 Å². The Kier molecular flexibility index (Phi) is 3.70. The van der Waals surface area contributed by atoms with Gasteiger partial charge in [-0.15, -0.1) is 0 Å². The predicted molar refractivity (Wildman–Crippen MR) is 78.6 cm³/mol. The van der Waals surface area contributed by atoms with E-state index in [1.807, 2.05) is 4.90 Å². The fraction of sp³-hybridized carbons (Fsp3) is 0.667. The van der Waals surface area contributed by atoms with Gasteiger partial charge >= 0.3 is 6.03 Å². The number of amides is 2. The van der Waals surface area contributed by atoms with Gasteiger partial charge in [-0.05, 0) is 25.6 Å². The number of carbonyl (C=O) groups excluding carboxylic acids is 1. The maximum absolute atomic E-state index is 12.8. The highest BCUT2D eigenvalue weighted by Gasteiger charge is 2.32. The van der Waals surface area contributed by atoms with Crippen molar-refractivity contribution >= 4 is 6.03 Å². The summed E-state index contributed by atoms with van der Waals surface area (Å²) in [4.78, 5) is 19.2. The summed E-state index contributed by atoms with van der Waals surface area (Å²) in [5.41, 5.74) is 1.28. The van der Waals surface area contributed by atoms with Gasteiger partial charge in [-0.1, -0.05) is 6.92 Å².